The molecule has 1 aliphatic rings. The van der Waals surface area contributed by atoms with Crippen LogP contribution >= 0.6 is 0 Å². The second kappa shape index (κ2) is 9.76. The molecule has 3 rings (SSSR count). The predicted octanol–water partition coefficient (Wildman–Crippen LogP) is 5.56. The maximum Gasteiger partial charge on any atom is 0.416 e. The van der Waals surface area contributed by atoms with Crippen molar-refractivity contribution in [3.05, 3.63) is 70.5 Å². The van der Waals surface area contributed by atoms with E-state index in [4.69, 9.17) is 9.47 Å². The number of rotatable bonds is 6. The maximum atomic E-state index is 13.3. The minimum absolute atomic E-state index is 0.0744. The summed E-state index contributed by atoms with van der Waals surface area (Å²) in [6.45, 7) is -0.137. The minimum Gasteiger partial charge on any atom is -0.396 e. The Morgan fingerprint density at radius 3 is 2.06 bits per heavy atom. The number of alkyl halides is 6. The van der Waals surface area contributed by atoms with Gasteiger partial charge in [0.15, 0.2) is 6.29 Å². The summed E-state index contributed by atoms with van der Waals surface area (Å²) < 4.78 is 103. The molecule has 2 aromatic rings. The molecule has 1 heterocycles. The number of hydrogen-bond acceptors (Lipinski definition) is 3. The molecular formula is C22H21F7O3. The van der Waals surface area contributed by atoms with Crippen LogP contribution in [0.25, 0.3) is 0 Å². The third kappa shape index (κ3) is 5.99. The highest BCUT2D eigenvalue weighted by atomic mass is 19.4. The molecule has 0 radical (unpaired) electrons. The van der Waals surface area contributed by atoms with E-state index in [2.05, 4.69) is 0 Å². The summed E-state index contributed by atoms with van der Waals surface area (Å²) in [5.41, 5.74) is -2.31. The van der Waals surface area contributed by atoms with E-state index in [0.29, 0.717) is 24.1 Å². The fourth-order valence-electron chi connectivity index (χ4n) is 3.77. The number of aliphatic hydroxyl groups is 1. The van der Waals surface area contributed by atoms with Gasteiger partial charge in [-0.25, -0.2) is 4.39 Å². The molecule has 1 saturated heterocycles. The number of aliphatic hydroxyl groups excluding tert-OH is 1. The molecule has 1 N–H and O–H groups in total. The first-order chi connectivity index (χ1) is 15.0. The highest BCUT2D eigenvalue weighted by Crippen LogP contribution is 2.38. The Morgan fingerprint density at radius 1 is 0.938 bits per heavy atom. The van der Waals surface area contributed by atoms with E-state index in [1.54, 1.807) is 0 Å². The summed E-state index contributed by atoms with van der Waals surface area (Å²) in [6.07, 6.45) is -10.4. The third-order valence-electron chi connectivity index (χ3n) is 5.38. The Kier molecular flexibility index (Phi) is 7.46. The van der Waals surface area contributed by atoms with Gasteiger partial charge in [-0.1, -0.05) is 12.1 Å². The zero-order valence-electron chi connectivity index (χ0n) is 16.7. The van der Waals surface area contributed by atoms with Crippen LogP contribution in [0.2, 0.25) is 0 Å². The van der Waals surface area contributed by atoms with E-state index in [-0.39, 0.29) is 43.8 Å². The van der Waals surface area contributed by atoms with Crippen molar-refractivity contribution in [1.82, 2.24) is 0 Å². The van der Waals surface area contributed by atoms with Crippen LogP contribution in [0.3, 0.4) is 0 Å². The van der Waals surface area contributed by atoms with Crippen LogP contribution < -0.4 is 0 Å². The third-order valence-corrected chi connectivity index (χ3v) is 5.38. The van der Waals surface area contributed by atoms with Crippen molar-refractivity contribution >= 4 is 0 Å². The Morgan fingerprint density at radius 2 is 1.53 bits per heavy atom. The molecule has 0 amide bonds. The SMILES string of the molecule is OCC1CCO[C@H](OCCc2cc(C(F)(F)F)cc(C(F)(F)F)c2)C1c1ccc(F)cc1. The van der Waals surface area contributed by atoms with Crippen LogP contribution in [0.4, 0.5) is 30.7 Å². The lowest BCUT2D eigenvalue weighted by Crippen LogP contribution is -2.38. The van der Waals surface area contributed by atoms with E-state index < -0.39 is 41.5 Å². The van der Waals surface area contributed by atoms with Crippen molar-refractivity contribution in [2.24, 2.45) is 5.92 Å². The molecule has 3 atom stereocenters. The molecule has 176 valence electrons. The minimum atomic E-state index is -4.93. The number of hydrogen-bond donors (Lipinski definition) is 1. The summed E-state index contributed by atoms with van der Waals surface area (Å²) in [5.74, 6) is -1.18. The predicted molar refractivity (Wildman–Crippen MR) is 100 cm³/mol. The fraction of sp³-hybridized carbons (Fsp3) is 0.455. The van der Waals surface area contributed by atoms with Crippen molar-refractivity contribution in [3.63, 3.8) is 0 Å². The molecule has 1 fully saturated rings. The van der Waals surface area contributed by atoms with Gasteiger partial charge < -0.3 is 14.6 Å². The summed E-state index contributed by atoms with van der Waals surface area (Å²) in [5, 5.41) is 9.71. The van der Waals surface area contributed by atoms with Crippen molar-refractivity contribution in [2.45, 2.75) is 37.4 Å². The van der Waals surface area contributed by atoms with Crippen LogP contribution in [0, 0.1) is 11.7 Å². The first-order valence-corrected chi connectivity index (χ1v) is 9.87. The van der Waals surface area contributed by atoms with Gasteiger partial charge in [0.2, 0.25) is 0 Å². The molecule has 2 aromatic carbocycles. The average molecular weight is 466 g/mol. The first kappa shape index (κ1) is 24.5. The van der Waals surface area contributed by atoms with Gasteiger partial charge in [0.05, 0.1) is 24.3 Å². The molecule has 0 bridgehead atoms. The topological polar surface area (TPSA) is 38.7 Å². The quantitative estimate of drug-likeness (QED) is 0.567. The van der Waals surface area contributed by atoms with Crippen molar-refractivity contribution in [2.75, 3.05) is 19.8 Å². The smallest absolute Gasteiger partial charge is 0.396 e. The molecule has 3 nitrogen and oxygen atoms in total. The summed E-state index contributed by atoms with van der Waals surface area (Å²) in [4.78, 5) is 0. The lowest BCUT2D eigenvalue weighted by atomic mass is 9.82. The standard InChI is InChI=1S/C22H21F7O3/c23-18-3-1-14(2-4-18)19-15(12-30)6-8-32-20(19)31-7-5-13-9-16(21(24,25)26)11-17(10-13)22(27,28)29/h1-4,9-11,15,19-20,30H,5-8,12H2/t15?,19?,20-/m0/s1. The number of ether oxygens (including phenoxy) is 2. The van der Waals surface area contributed by atoms with Crippen LogP contribution in [0.1, 0.15) is 34.6 Å². The van der Waals surface area contributed by atoms with Crippen molar-refractivity contribution in [1.29, 1.82) is 0 Å². The van der Waals surface area contributed by atoms with Gasteiger partial charge in [-0.15, -0.1) is 0 Å². The Bertz CT molecular complexity index is 862. The Hall–Kier alpha value is -2.17. The van der Waals surface area contributed by atoms with Crippen LogP contribution in [-0.2, 0) is 28.2 Å². The van der Waals surface area contributed by atoms with Gasteiger partial charge >= 0.3 is 12.4 Å². The van der Waals surface area contributed by atoms with Gasteiger partial charge in [0.1, 0.15) is 5.82 Å². The fourth-order valence-corrected chi connectivity index (χ4v) is 3.77. The van der Waals surface area contributed by atoms with Crippen molar-refractivity contribution < 1.29 is 45.3 Å². The number of halogens is 7. The van der Waals surface area contributed by atoms with Gasteiger partial charge in [-0.3, -0.25) is 0 Å². The van der Waals surface area contributed by atoms with Crippen LogP contribution in [-0.4, -0.2) is 31.2 Å². The molecule has 0 spiro atoms. The zero-order valence-corrected chi connectivity index (χ0v) is 16.7. The highest BCUT2D eigenvalue weighted by molar-refractivity contribution is 5.33. The van der Waals surface area contributed by atoms with Gasteiger partial charge in [0.25, 0.3) is 0 Å². The molecule has 0 aliphatic carbocycles. The lowest BCUT2D eigenvalue weighted by molar-refractivity contribution is -0.190. The summed E-state index contributed by atoms with van der Waals surface area (Å²) in [7, 11) is 0. The zero-order chi connectivity index (χ0) is 23.5. The van der Waals surface area contributed by atoms with E-state index >= 15 is 0 Å². The lowest BCUT2D eigenvalue weighted by Gasteiger charge is -2.37. The first-order valence-electron chi connectivity index (χ1n) is 9.87. The monoisotopic (exact) mass is 466 g/mol. The normalized spacial score (nSPS) is 22.2. The van der Waals surface area contributed by atoms with E-state index in [9.17, 15) is 35.8 Å². The molecule has 10 heteroatoms. The van der Waals surface area contributed by atoms with Gasteiger partial charge in [-0.05, 0) is 60.2 Å². The van der Waals surface area contributed by atoms with Gasteiger partial charge in [0, 0.05) is 12.5 Å². The molecular weight excluding hydrogens is 445 g/mol. The summed E-state index contributed by atoms with van der Waals surface area (Å²) in [6, 6.07) is 6.94. The summed E-state index contributed by atoms with van der Waals surface area (Å²) >= 11 is 0. The molecule has 32 heavy (non-hydrogen) atoms. The molecule has 1 aliphatic heterocycles. The van der Waals surface area contributed by atoms with E-state index in [1.807, 2.05) is 0 Å². The largest absolute Gasteiger partial charge is 0.416 e. The second-order valence-electron chi connectivity index (χ2n) is 7.58. The molecule has 0 aromatic heterocycles. The second-order valence-corrected chi connectivity index (χ2v) is 7.58. The van der Waals surface area contributed by atoms with Crippen LogP contribution in [0.15, 0.2) is 42.5 Å². The average Bonchev–Trinajstić information content (AvgIpc) is 2.73. The number of benzene rings is 2. The Labute approximate surface area is 179 Å². The Balaban J connectivity index is 1.76. The van der Waals surface area contributed by atoms with Gasteiger partial charge in [-0.2, -0.15) is 26.3 Å². The molecule has 2 unspecified atom stereocenters. The maximum absolute atomic E-state index is 13.3. The van der Waals surface area contributed by atoms with Crippen molar-refractivity contribution in [3.8, 4) is 0 Å². The van der Waals surface area contributed by atoms with Crippen LogP contribution in [0.5, 0.6) is 0 Å². The van der Waals surface area contributed by atoms with E-state index in [1.165, 1.54) is 24.3 Å². The molecule has 0 saturated carbocycles. The highest BCUT2D eigenvalue weighted by Gasteiger charge is 2.38. The van der Waals surface area contributed by atoms with E-state index in [0.717, 1.165) is 0 Å².